The molecule has 0 N–H and O–H groups in total. The topological polar surface area (TPSA) is 35.4 Å². The van der Waals surface area contributed by atoms with Crippen molar-refractivity contribution in [3.8, 4) is 0 Å². The largest absolute Gasteiger partial charge is 0.591 e. The van der Waals surface area contributed by atoms with Gasteiger partial charge in [0.2, 0.25) is 0 Å². The Morgan fingerprint density at radius 1 is 1.29 bits per heavy atom. The summed E-state index contributed by atoms with van der Waals surface area (Å²) in [6, 6.07) is 4.73. The molecule has 2 nitrogen and oxygen atoms in total. The molecule has 17 heavy (non-hydrogen) atoms. The maximum atomic E-state index is 13.2. The third kappa shape index (κ3) is 2.69. The average Bonchev–Trinajstić information content (AvgIpc) is 2.60. The summed E-state index contributed by atoms with van der Waals surface area (Å²) < 4.78 is 29.0. The zero-order valence-electron chi connectivity index (χ0n) is 10.3. The summed E-state index contributed by atoms with van der Waals surface area (Å²) in [5.74, 6) is -0.264. The van der Waals surface area contributed by atoms with E-state index in [0.29, 0.717) is 0 Å². The van der Waals surface area contributed by atoms with E-state index in [0.717, 1.165) is 29.7 Å². The summed E-state index contributed by atoms with van der Waals surface area (Å²) >= 11 is -1.28. The van der Waals surface area contributed by atoms with Gasteiger partial charge in [0.1, 0.15) is 21.9 Å². The molecule has 92 valence electrons. The Morgan fingerprint density at radius 3 is 2.65 bits per heavy atom. The van der Waals surface area contributed by atoms with Crippen LogP contribution >= 0.6 is 0 Å². The maximum absolute atomic E-state index is 13.2. The molecule has 0 aliphatic heterocycles. The van der Waals surface area contributed by atoms with Gasteiger partial charge in [0.05, 0.1) is 5.71 Å². The van der Waals surface area contributed by atoms with Gasteiger partial charge < -0.3 is 4.55 Å². The minimum atomic E-state index is -1.28. The highest BCUT2D eigenvalue weighted by molar-refractivity contribution is 7.91. The monoisotopic (exact) mass is 253 g/mol. The number of hydrogen-bond acceptors (Lipinski definition) is 2. The first-order chi connectivity index (χ1) is 7.88. The van der Waals surface area contributed by atoms with Gasteiger partial charge in [-0.1, -0.05) is 10.5 Å². The molecule has 1 aromatic carbocycles. The highest BCUT2D eigenvalue weighted by atomic mass is 32.2. The number of nitrogens with zero attached hydrogens (tertiary/aromatic N) is 1. The predicted octanol–water partition coefficient (Wildman–Crippen LogP) is 3.02. The minimum absolute atomic E-state index is 0.264. The van der Waals surface area contributed by atoms with Crippen LogP contribution in [0.5, 0.6) is 0 Å². The van der Waals surface area contributed by atoms with Crippen molar-refractivity contribution in [2.75, 3.05) is 0 Å². The van der Waals surface area contributed by atoms with Crippen molar-refractivity contribution in [2.45, 2.75) is 38.4 Å². The van der Waals surface area contributed by atoms with Gasteiger partial charge in [-0.25, -0.2) is 4.39 Å². The molecule has 0 amide bonds. The highest BCUT2D eigenvalue weighted by Gasteiger charge is 2.29. The van der Waals surface area contributed by atoms with Crippen LogP contribution in [-0.2, 0) is 17.8 Å². The molecule has 0 bridgehead atoms. The third-order valence-electron chi connectivity index (χ3n) is 2.73. The summed E-state index contributed by atoms with van der Waals surface area (Å²) in [5.41, 5.74) is 2.69. The Balaban J connectivity index is 2.33. The molecular weight excluding hydrogens is 237 g/mol. The second kappa shape index (κ2) is 4.42. The van der Waals surface area contributed by atoms with Crippen LogP contribution in [-0.4, -0.2) is 15.0 Å². The third-order valence-corrected chi connectivity index (χ3v) is 4.16. The zero-order chi connectivity index (χ0) is 12.6. The van der Waals surface area contributed by atoms with Crippen LogP contribution in [0.15, 0.2) is 22.6 Å². The number of halogens is 1. The first-order valence-corrected chi connectivity index (χ1v) is 6.77. The molecular formula is C13H16FNOS. The fraction of sp³-hybridized carbons (Fsp3) is 0.462. The standard InChI is InChI=1S/C13H16FNOS/c1-13(2,3)17(16)15-12-7-5-9-4-6-10(14)8-11(9)12/h4,6,8H,5,7H2,1-3H3/t17-/m1/s1. The Kier molecular flexibility index (Phi) is 3.27. The summed E-state index contributed by atoms with van der Waals surface area (Å²) in [7, 11) is 0. The fourth-order valence-corrected chi connectivity index (χ4v) is 2.42. The van der Waals surface area contributed by atoms with E-state index in [1.807, 2.05) is 20.8 Å². The number of rotatable bonds is 1. The molecule has 1 atom stereocenters. The Morgan fingerprint density at radius 2 is 2.00 bits per heavy atom. The van der Waals surface area contributed by atoms with Crippen molar-refractivity contribution in [1.82, 2.24) is 0 Å². The number of aryl methyl sites for hydroxylation is 1. The molecule has 0 spiro atoms. The fourth-order valence-electron chi connectivity index (χ4n) is 1.75. The van der Waals surface area contributed by atoms with E-state index in [1.54, 1.807) is 6.07 Å². The average molecular weight is 253 g/mol. The predicted molar refractivity (Wildman–Crippen MR) is 69.2 cm³/mol. The summed E-state index contributed by atoms with van der Waals surface area (Å²) in [5, 5.41) is 0. The van der Waals surface area contributed by atoms with Gasteiger partial charge in [0.15, 0.2) is 0 Å². The molecule has 0 fully saturated rings. The molecule has 0 aromatic heterocycles. The molecule has 2 rings (SSSR count). The summed E-state index contributed by atoms with van der Waals surface area (Å²) in [6.45, 7) is 5.65. The molecule has 0 saturated heterocycles. The van der Waals surface area contributed by atoms with E-state index in [-0.39, 0.29) is 10.6 Å². The Labute approximate surface area is 104 Å². The van der Waals surface area contributed by atoms with E-state index in [9.17, 15) is 8.94 Å². The van der Waals surface area contributed by atoms with Crippen LogP contribution in [0.1, 0.15) is 38.3 Å². The van der Waals surface area contributed by atoms with Crippen molar-refractivity contribution in [1.29, 1.82) is 0 Å². The van der Waals surface area contributed by atoms with Gasteiger partial charge in [-0.05, 0) is 51.3 Å². The molecule has 0 radical (unpaired) electrons. The van der Waals surface area contributed by atoms with Crippen LogP contribution in [0.25, 0.3) is 0 Å². The number of fused-ring (bicyclic) bond motifs is 1. The van der Waals surface area contributed by atoms with E-state index in [4.69, 9.17) is 0 Å². The van der Waals surface area contributed by atoms with E-state index in [1.165, 1.54) is 12.1 Å². The molecule has 1 aliphatic rings. The lowest BCUT2D eigenvalue weighted by Crippen LogP contribution is -2.26. The summed E-state index contributed by atoms with van der Waals surface area (Å²) in [4.78, 5) is 0. The Bertz CT molecular complexity index is 465. The molecule has 0 heterocycles. The first-order valence-electron chi connectivity index (χ1n) is 5.66. The van der Waals surface area contributed by atoms with Crippen LogP contribution < -0.4 is 0 Å². The van der Waals surface area contributed by atoms with Crippen molar-refractivity contribution in [2.24, 2.45) is 4.40 Å². The van der Waals surface area contributed by atoms with Crippen molar-refractivity contribution < 1.29 is 8.94 Å². The van der Waals surface area contributed by atoms with E-state index in [2.05, 4.69) is 4.40 Å². The molecule has 1 aromatic rings. The van der Waals surface area contributed by atoms with Gasteiger partial charge in [0.25, 0.3) is 0 Å². The van der Waals surface area contributed by atoms with E-state index >= 15 is 0 Å². The lowest BCUT2D eigenvalue weighted by atomic mass is 10.1. The van der Waals surface area contributed by atoms with Gasteiger partial charge >= 0.3 is 0 Å². The van der Waals surface area contributed by atoms with Crippen LogP contribution in [0.2, 0.25) is 0 Å². The van der Waals surface area contributed by atoms with Crippen molar-refractivity contribution in [3.05, 3.63) is 35.1 Å². The van der Waals surface area contributed by atoms with Crippen molar-refractivity contribution in [3.63, 3.8) is 0 Å². The zero-order valence-corrected chi connectivity index (χ0v) is 11.1. The van der Waals surface area contributed by atoms with E-state index < -0.39 is 11.4 Å². The first kappa shape index (κ1) is 12.6. The van der Waals surface area contributed by atoms with Gasteiger partial charge in [-0.2, -0.15) is 0 Å². The smallest absolute Gasteiger partial charge is 0.144 e. The number of hydrogen-bond donors (Lipinski definition) is 0. The second-order valence-electron chi connectivity index (χ2n) is 5.20. The molecule has 1 aliphatic carbocycles. The van der Waals surface area contributed by atoms with Crippen LogP contribution in [0.4, 0.5) is 4.39 Å². The lowest BCUT2D eigenvalue weighted by Gasteiger charge is -2.18. The second-order valence-corrected chi connectivity index (χ2v) is 7.11. The van der Waals surface area contributed by atoms with Crippen LogP contribution in [0, 0.1) is 5.82 Å². The molecule has 0 saturated carbocycles. The normalized spacial score (nSPS) is 19.5. The number of benzene rings is 1. The van der Waals surface area contributed by atoms with Gasteiger partial charge in [0, 0.05) is 5.56 Å². The SMILES string of the molecule is CC(C)(C)[S@@+]([O-])N=C1CCc2ccc(F)cc21. The highest BCUT2D eigenvalue weighted by Crippen LogP contribution is 2.26. The quantitative estimate of drug-likeness (QED) is 0.708. The maximum Gasteiger partial charge on any atom is 0.144 e. The summed E-state index contributed by atoms with van der Waals surface area (Å²) in [6.07, 6.45) is 1.61. The van der Waals surface area contributed by atoms with Crippen LogP contribution in [0.3, 0.4) is 0 Å². The molecule has 0 unspecified atom stereocenters. The van der Waals surface area contributed by atoms with Gasteiger partial charge in [-0.15, -0.1) is 0 Å². The lowest BCUT2D eigenvalue weighted by molar-refractivity contribution is 0.561. The van der Waals surface area contributed by atoms with Crippen molar-refractivity contribution >= 4 is 17.1 Å². The minimum Gasteiger partial charge on any atom is -0.591 e. The molecule has 4 heteroatoms. The van der Waals surface area contributed by atoms with Gasteiger partial charge in [-0.3, -0.25) is 0 Å². The Hall–Kier alpha value is -0.870.